The zero-order valence-corrected chi connectivity index (χ0v) is 13.3. The Morgan fingerprint density at radius 2 is 1.70 bits per heavy atom. The molecule has 0 spiro atoms. The molecule has 0 aliphatic rings. The van der Waals surface area contributed by atoms with Gasteiger partial charge in [0.1, 0.15) is 5.75 Å². The van der Waals surface area contributed by atoms with Crippen molar-refractivity contribution in [3.63, 3.8) is 0 Å². The molecule has 1 N–H and O–H groups in total. The number of carbonyl (C=O) groups excluding carboxylic acids is 1. The van der Waals surface area contributed by atoms with E-state index in [1.54, 1.807) is 30.3 Å². The second kappa shape index (κ2) is 6.97. The summed E-state index contributed by atoms with van der Waals surface area (Å²) in [6.45, 7) is -0.118. The molecule has 0 unspecified atom stereocenters. The van der Waals surface area contributed by atoms with Crippen LogP contribution in [-0.4, -0.2) is 12.5 Å². The van der Waals surface area contributed by atoms with Crippen LogP contribution in [0.15, 0.2) is 46.9 Å². The lowest BCUT2D eigenvalue weighted by Gasteiger charge is -2.08. The monoisotopic (exact) mass is 373 g/mol. The van der Waals surface area contributed by atoms with Crippen LogP contribution in [0.25, 0.3) is 0 Å². The summed E-state index contributed by atoms with van der Waals surface area (Å²) < 4.78 is 6.28. The maximum absolute atomic E-state index is 11.7. The number of hydrogen-bond acceptors (Lipinski definition) is 2. The summed E-state index contributed by atoms with van der Waals surface area (Å²) in [5.74, 6) is 0.192. The molecule has 6 heteroatoms. The first-order valence-corrected chi connectivity index (χ1v) is 7.22. The van der Waals surface area contributed by atoms with Crippen LogP contribution in [0.5, 0.6) is 5.75 Å². The Labute approximate surface area is 135 Å². The van der Waals surface area contributed by atoms with Gasteiger partial charge in [-0.3, -0.25) is 4.79 Å². The Balaban J connectivity index is 1.90. The molecule has 104 valence electrons. The Morgan fingerprint density at radius 1 is 1.10 bits per heavy atom. The molecule has 0 heterocycles. The molecule has 0 fully saturated rings. The molecule has 0 aromatic heterocycles. The van der Waals surface area contributed by atoms with Crippen LogP contribution in [0.1, 0.15) is 0 Å². The first-order valence-electron chi connectivity index (χ1n) is 5.67. The van der Waals surface area contributed by atoms with Gasteiger partial charge in [-0.15, -0.1) is 0 Å². The fraction of sp³-hybridized carbons (Fsp3) is 0.0714. The highest BCUT2D eigenvalue weighted by atomic mass is 79.9. The van der Waals surface area contributed by atoms with Crippen LogP contribution < -0.4 is 10.1 Å². The molecule has 0 aliphatic carbocycles. The van der Waals surface area contributed by atoms with Crippen molar-refractivity contribution in [3.8, 4) is 5.75 Å². The highest BCUT2D eigenvalue weighted by molar-refractivity contribution is 9.10. The Bertz CT molecular complexity index is 597. The van der Waals surface area contributed by atoms with Crippen molar-refractivity contribution in [2.75, 3.05) is 11.9 Å². The SMILES string of the molecule is O=C(COc1cc(Cl)cc(Cl)c1)Nc1ccc(Br)cc1. The minimum absolute atomic E-state index is 0.118. The number of amides is 1. The lowest BCUT2D eigenvalue weighted by molar-refractivity contribution is -0.118. The van der Waals surface area contributed by atoms with E-state index in [4.69, 9.17) is 27.9 Å². The van der Waals surface area contributed by atoms with Crippen LogP contribution >= 0.6 is 39.1 Å². The summed E-state index contributed by atoms with van der Waals surface area (Å²) in [6.07, 6.45) is 0. The van der Waals surface area contributed by atoms with Crippen LogP contribution in [0, 0.1) is 0 Å². The van der Waals surface area contributed by atoms with Gasteiger partial charge in [-0.2, -0.15) is 0 Å². The van der Waals surface area contributed by atoms with Crippen molar-refractivity contribution in [2.45, 2.75) is 0 Å². The van der Waals surface area contributed by atoms with Crippen molar-refractivity contribution >= 4 is 50.7 Å². The Morgan fingerprint density at radius 3 is 2.30 bits per heavy atom. The largest absolute Gasteiger partial charge is 0.484 e. The predicted molar refractivity (Wildman–Crippen MR) is 84.7 cm³/mol. The van der Waals surface area contributed by atoms with E-state index >= 15 is 0 Å². The van der Waals surface area contributed by atoms with Gasteiger partial charge in [0.25, 0.3) is 5.91 Å². The van der Waals surface area contributed by atoms with E-state index in [9.17, 15) is 4.79 Å². The quantitative estimate of drug-likeness (QED) is 0.836. The molecule has 0 saturated heterocycles. The molecule has 20 heavy (non-hydrogen) atoms. The van der Waals surface area contributed by atoms with E-state index in [1.165, 1.54) is 0 Å². The number of ether oxygens (including phenoxy) is 1. The fourth-order valence-corrected chi connectivity index (χ4v) is 2.26. The van der Waals surface area contributed by atoms with Gasteiger partial charge in [-0.1, -0.05) is 39.1 Å². The average molecular weight is 375 g/mol. The summed E-state index contributed by atoms with van der Waals surface area (Å²) in [5, 5.41) is 3.64. The van der Waals surface area contributed by atoms with E-state index < -0.39 is 0 Å². The van der Waals surface area contributed by atoms with Gasteiger partial charge in [0.15, 0.2) is 6.61 Å². The van der Waals surface area contributed by atoms with E-state index in [2.05, 4.69) is 21.2 Å². The van der Waals surface area contributed by atoms with Gasteiger partial charge in [0.2, 0.25) is 0 Å². The van der Waals surface area contributed by atoms with Gasteiger partial charge in [0.05, 0.1) is 0 Å². The summed E-state index contributed by atoms with van der Waals surface area (Å²) in [6, 6.07) is 12.1. The van der Waals surface area contributed by atoms with Gasteiger partial charge in [-0.05, 0) is 42.5 Å². The highest BCUT2D eigenvalue weighted by Crippen LogP contribution is 2.24. The molecule has 0 aliphatic heterocycles. The zero-order valence-electron chi connectivity index (χ0n) is 10.2. The lowest BCUT2D eigenvalue weighted by atomic mass is 10.3. The van der Waals surface area contributed by atoms with Gasteiger partial charge in [-0.25, -0.2) is 0 Å². The highest BCUT2D eigenvalue weighted by Gasteiger charge is 2.05. The van der Waals surface area contributed by atoms with Gasteiger partial charge in [0, 0.05) is 20.2 Å². The third kappa shape index (κ3) is 4.71. The summed E-state index contributed by atoms with van der Waals surface area (Å²) in [5.41, 5.74) is 0.700. The molecule has 1 amide bonds. The Hall–Kier alpha value is -1.23. The second-order valence-corrected chi connectivity index (χ2v) is 5.74. The van der Waals surface area contributed by atoms with Crippen molar-refractivity contribution in [3.05, 3.63) is 57.0 Å². The molecular formula is C14H10BrCl2NO2. The number of anilines is 1. The third-order valence-electron chi connectivity index (χ3n) is 2.33. The van der Waals surface area contributed by atoms with E-state index in [-0.39, 0.29) is 12.5 Å². The first kappa shape index (κ1) is 15.2. The minimum Gasteiger partial charge on any atom is -0.484 e. The van der Waals surface area contributed by atoms with E-state index in [1.807, 2.05) is 12.1 Å². The number of nitrogens with one attached hydrogen (secondary N) is 1. The standard InChI is InChI=1S/C14H10BrCl2NO2/c15-9-1-3-12(4-2-9)18-14(19)8-20-13-6-10(16)5-11(17)7-13/h1-7H,8H2,(H,18,19). The van der Waals surface area contributed by atoms with E-state index in [0.29, 0.717) is 21.5 Å². The smallest absolute Gasteiger partial charge is 0.262 e. The fourth-order valence-electron chi connectivity index (χ4n) is 1.49. The molecule has 0 atom stereocenters. The molecule has 0 saturated carbocycles. The topological polar surface area (TPSA) is 38.3 Å². The first-order chi connectivity index (χ1) is 9.52. The van der Waals surface area contributed by atoms with Crippen LogP contribution in [0.4, 0.5) is 5.69 Å². The summed E-state index contributed by atoms with van der Waals surface area (Å²) in [4.78, 5) is 11.7. The van der Waals surface area contributed by atoms with Crippen molar-refractivity contribution in [1.82, 2.24) is 0 Å². The molecule has 0 bridgehead atoms. The van der Waals surface area contributed by atoms with Crippen LogP contribution in [0.3, 0.4) is 0 Å². The minimum atomic E-state index is -0.261. The van der Waals surface area contributed by atoms with Gasteiger partial charge < -0.3 is 10.1 Å². The number of hydrogen-bond donors (Lipinski definition) is 1. The molecule has 3 nitrogen and oxygen atoms in total. The molecule has 2 aromatic carbocycles. The lowest BCUT2D eigenvalue weighted by Crippen LogP contribution is -2.20. The maximum Gasteiger partial charge on any atom is 0.262 e. The molecule has 0 radical (unpaired) electrons. The normalized spacial score (nSPS) is 10.2. The number of rotatable bonds is 4. The van der Waals surface area contributed by atoms with Crippen LogP contribution in [0.2, 0.25) is 10.0 Å². The second-order valence-electron chi connectivity index (χ2n) is 3.95. The third-order valence-corrected chi connectivity index (χ3v) is 3.30. The van der Waals surface area contributed by atoms with Crippen molar-refractivity contribution in [2.24, 2.45) is 0 Å². The maximum atomic E-state index is 11.7. The zero-order chi connectivity index (χ0) is 14.5. The van der Waals surface area contributed by atoms with Gasteiger partial charge >= 0.3 is 0 Å². The number of carbonyl (C=O) groups is 1. The number of benzene rings is 2. The Kier molecular flexibility index (Phi) is 5.29. The predicted octanol–water partition coefficient (Wildman–Crippen LogP) is 4.77. The van der Waals surface area contributed by atoms with Crippen LogP contribution in [-0.2, 0) is 4.79 Å². The number of halogens is 3. The van der Waals surface area contributed by atoms with Crippen molar-refractivity contribution < 1.29 is 9.53 Å². The summed E-state index contributed by atoms with van der Waals surface area (Å²) >= 11 is 15.0. The average Bonchev–Trinajstić information content (AvgIpc) is 2.38. The molecule has 2 aromatic rings. The molecular weight excluding hydrogens is 365 g/mol. The van der Waals surface area contributed by atoms with E-state index in [0.717, 1.165) is 4.47 Å². The molecule has 2 rings (SSSR count). The van der Waals surface area contributed by atoms with Crippen molar-refractivity contribution in [1.29, 1.82) is 0 Å². The summed E-state index contributed by atoms with van der Waals surface area (Å²) in [7, 11) is 0.